The number of hydrogen-bond acceptors (Lipinski definition) is 3. The predicted octanol–water partition coefficient (Wildman–Crippen LogP) is 2.42. The lowest BCUT2D eigenvalue weighted by Crippen LogP contribution is -2.49. The molecule has 1 saturated heterocycles. The minimum atomic E-state index is -3.17. The lowest BCUT2D eigenvalue weighted by Gasteiger charge is -2.34. The SMILES string of the molecule is O=S(=O)(CCc1ccccc1)N1CCN(CCc2ccccc2)CC1. The average Bonchev–Trinajstić information content (AvgIpc) is 2.67. The molecule has 1 fully saturated rings. The molecule has 2 aromatic rings. The van der Waals surface area contributed by atoms with Crippen LogP contribution in [0.25, 0.3) is 0 Å². The van der Waals surface area contributed by atoms with Gasteiger partial charge in [0.05, 0.1) is 5.75 Å². The maximum atomic E-state index is 12.6. The molecule has 1 aliphatic rings. The molecule has 25 heavy (non-hydrogen) atoms. The van der Waals surface area contributed by atoms with Gasteiger partial charge in [0.25, 0.3) is 0 Å². The minimum Gasteiger partial charge on any atom is -0.300 e. The topological polar surface area (TPSA) is 40.6 Å². The van der Waals surface area contributed by atoms with Gasteiger partial charge in [0, 0.05) is 32.7 Å². The van der Waals surface area contributed by atoms with Gasteiger partial charge in [-0.1, -0.05) is 60.7 Å². The number of benzene rings is 2. The van der Waals surface area contributed by atoms with Crippen molar-refractivity contribution in [2.45, 2.75) is 12.8 Å². The first-order chi connectivity index (χ1) is 12.1. The smallest absolute Gasteiger partial charge is 0.214 e. The zero-order valence-corrected chi connectivity index (χ0v) is 15.4. The second kappa shape index (κ2) is 8.61. The molecule has 0 aromatic heterocycles. The van der Waals surface area contributed by atoms with Crippen molar-refractivity contribution in [3.8, 4) is 0 Å². The molecule has 0 spiro atoms. The van der Waals surface area contributed by atoms with E-state index in [1.807, 2.05) is 36.4 Å². The van der Waals surface area contributed by atoms with E-state index in [9.17, 15) is 8.42 Å². The Morgan fingerprint density at radius 3 is 1.80 bits per heavy atom. The molecule has 0 atom stereocenters. The van der Waals surface area contributed by atoms with E-state index in [1.165, 1.54) is 5.56 Å². The number of hydrogen-bond donors (Lipinski definition) is 0. The molecule has 0 unspecified atom stereocenters. The molecule has 3 rings (SSSR count). The molecule has 1 aliphatic heterocycles. The summed E-state index contributed by atoms with van der Waals surface area (Å²) in [6, 6.07) is 20.3. The molecule has 134 valence electrons. The van der Waals surface area contributed by atoms with Crippen molar-refractivity contribution in [1.82, 2.24) is 9.21 Å². The summed E-state index contributed by atoms with van der Waals surface area (Å²) in [5.74, 6) is 0.195. The van der Waals surface area contributed by atoms with E-state index in [-0.39, 0.29) is 5.75 Å². The summed E-state index contributed by atoms with van der Waals surface area (Å²) < 4.78 is 26.8. The van der Waals surface area contributed by atoms with Crippen molar-refractivity contribution >= 4 is 10.0 Å². The van der Waals surface area contributed by atoms with E-state index >= 15 is 0 Å². The van der Waals surface area contributed by atoms with Gasteiger partial charge in [-0.25, -0.2) is 8.42 Å². The van der Waals surface area contributed by atoms with Gasteiger partial charge in [-0.15, -0.1) is 0 Å². The summed E-state index contributed by atoms with van der Waals surface area (Å²) in [6.07, 6.45) is 1.60. The Morgan fingerprint density at radius 1 is 0.720 bits per heavy atom. The summed E-state index contributed by atoms with van der Waals surface area (Å²) >= 11 is 0. The Labute approximate surface area is 151 Å². The summed E-state index contributed by atoms with van der Waals surface area (Å²) in [7, 11) is -3.17. The van der Waals surface area contributed by atoms with Gasteiger partial charge in [-0.3, -0.25) is 0 Å². The van der Waals surface area contributed by atoms with Crippen LogP contribution >= 0.6 is 0 Å². The van der Waals surface area contributed by atoms with Crippen LogP contribution < -0.4 is 0 Å². The first-order valence-corrected chi connectivity index (χ1v) is 10.5. The fourth-order valence-electron chi connectivity index (χ4n) is 3.18. The van der Waals surface area contributed by atoms with Crippen LogP contribution in [0.2, 0.25) is 0 Å². The van der Waals surface area contributed by atoms with Crippen LogP contribution in [0.1, 0.15) is 11.1 Å². The van der Waals surface area contributed by atoms with Crippen molar-refractivity contribution in [2.75, 3.05) is 38.5 Å². The lowest BCUT2D eigenvalue weighted by atomic mass is 10.1. The summed E-state index contributed by atoms with van der Waals surface area (Å²) in [6.45, 7) is 3.83. The van der Waals surface area contributed by atoms with E-state index in [4.69, 9.17) is 0 Å². The number of sulfonamides is 1. The highest BCUT2D eigenvalue weighted by Gasteiger charge is 2.26. The standard InChI is InChI=1S/C20H26N2O2S/c23-25(24,18-12-20-9-5-2-6-10-20)22-16-14-21(15-17-22)13-11-19-7-3-1-4-8-19/h1-10H,11-18H2. The normalized spacial score (nSPS) is 16.8. The van der Waals surface area contributed by atoms with Crippen LogP contribution in [0.3, 0.4) is 0 Å². The maximum absolute atomic E-state index is 12.6. The van der Waals surface area contributed by atoms with Crippen LogP contribution in [0, 0.1) is 0 Å². The Bertz CT molecular complexity index is 740. The van der Waals surface area contributed by atoms with Crippen molar-refractivity contribution in [3.05, 3.63) is 71.8 Å². The third kappa shape index (κ3) is 5.39. The number of rotatable bonds is 7. The highest BCUT2D eigenvalue weighted by molar-refractivity contribution is 7.89. The first kappa shape index (κ1) is 18.1. The summed E-state index contributed by atoms with van der Waals surface area (Å²) in [5.41, 5.74) is 2.41. The molecule has 0 amide bonds. The molecule has 5 heteroatoms. The fraction of sp³-hybridized carbons (Fsp3) is 0.400. The largest absolute Gasteiger partial charge is 0.300 e. The molecular formula is C20H26N2O2S. The van der Waals surface area contributed by atoms with Gasteiger partial charge in [0.1, 0.15) is 0 Å². The zero-order valence-electron chi connectivity index (χ0n) is 14.5. The van der Waals surface area contributed by atoms with Crippen LogP contribution in [0.4, 0.5) is 0 Å². The minimum absolute atomic E-state index is 0.195. The lowest BCUT2D eigenvalue weighted by molar-refractivity contribution is 0.190. The molecule has 4 nitrogen and oxygen atoms in total. The monoisotopic (exact) mass is 358 g/mol. The Balaban J connectivity index is 1.44. The van der Waals surface area contributed by atoms with Crippen molar-refractivity contribution in [1.29, 1.82) is 0 Å². The second-order valence-electron chi connectivity index (χ2n) is 6.53. The van der Waals surface area contributed by atoms with E-state index in [1.54, 1.807) is 4.31 Å². The molecule has 0 radical (unpaired) electrons. The Morgan fingerprint density at radius 2 is 1.24 bits per heavy atom. The predicted molar refractivity (Wildman–Crippen MR) is 102 cm³/mol. The van der Waals surface area contributed by atoms with Crippen LogP contribution in [0.5, 0.6) is 0 Å². The van der Waals surface area contributed by atoms with Crippen molar-refractivity contribution in [2.24, 2.45) is 0 Å². The molecule has 0 saturated carbocycles. The maximum Gasteiger partial charge on any atom is 0.214 e. The van der Waals surface area contributed by atoms with Gasteiger partial charge in [0.2, 0.25) is 10.0 Å². The molecule has 0 bridgehead atoms. The van der Waals surface area contributed by atoms with E-state index in [2.05, 4.69) is 29.2 Å². The van der Waals surface area contributed by atoms with Gasteiger partial charge in [0.15, 0.2) is 0 Å². The molecule has 0 N–H and O–H groups in total. The third-order valence-electron chi connectivity index (χ3n) is 4.78. The fourth-order valence-corrected chi connectivity index (χ4v) is 4.66. The molecular weight excluding hydrogens is 332 g/mol. The highest BCUT2D eigenvalue weighted by atomic mass is 32.2. The van der Waals surface area contributed by atoms with E-state index in [0.29, 0.717) is 19.5 Å². The van der Waals surface area contributed by atoms with Crippen molar-refractivity contribution < 1.29 is 8.42 Å². The third-order valence-corrected chi connectivity index (χ3v) is 6.65. The van der Waals surface area contributed by atoms with E-state index in [0.717, 1.165) is 31.6 Å². The second-order valence-corrected chi connectivity index (χ2v) is 8.62. The van der Waals surface area contributed by atoms with Crippen molar-refractivity contribution in [3.63, 3.8) is 0 Å². The zero-order chi connectivity index (χ0) is 17.5. The van der Waals surface area contributed by atoms with E-state index < -0.39 is 10.0 Å². The number of piperazine rings is 1. The quantitative estimate of drug-likeness (QED) is 0.763. The molecule has 2 aromatic carbocycles. The Hall–Kier alpha value is -1.69. The molecule has 1 heterocycles. The van der Waals surface area contributed by atoms with Gasteiger partial charge in [-0.2, -0.15) is 4.31 Å². The first-order valence-electron chi connectivity index (χ1n) is 8.91. The highest BCUT2D eigenvalue weighted by Crippen LogP contribution is 2.11. The number of aryl methyl sites for hydroxylation is 1. The van der Waals surface area contributed by atoms with Gasteiger partial charge >= 0.3 is 0 Å². The number of nitrogens with zero attached hydrogens (tertiary/aromatic N) is 2. The summed E-state index contributed by atoms with van der Waals surface area (Å²) in [5, 5.41) is 0. The van der Waals surface area contributed by atoms with Crippen LogP contribution in [-0.4, -0.2) is 56.1 Å². The van der Waals surface area contributed by atoms with Gasteiger partial charge in [-0.05, 0) is 24.0 Å². The average molecular weight is 359 g/mol. The summed E-state index contributed by atoms with van der Waals surface area (Å²) in [4.78, 5) is 2.36. The van der Waals surface area contributed by atoms with Gasteiger partial charge < -0.3 is 4.90 Å². The molecule has 0 aliphatic carbocycles. The van der Waals surface area contributed by atoms with Crippen LogP contribution in [-0.2, 0) is 22.9 Å². The van der Waals surface area contributed by atoms with Crippen LogP contribution in [0.15, 0.2) is 60.7 Å². The Kier molecular flexibility index (Phi) is 6.24.